The molecule has 0 saturated carbocycles. The molecule has 4 rings (SSSR count). The van der Waals surface area contributed by atoms with Gasteiger partial charge in [-0.25, -0.2) is 0 Å². The number of ether oxygens (including phenoxy) is 2. The number of benzene rings is 1. The summed E-state index contributed by atoms with van der Waals surface area (Å²) in [5.74, 6) is 0.321. The Kier molecular flexibility index (Phi) is 2.24. The van der Waals surface area contributed by atoms with Gasteiger partial charge in [-0.15, -0.1) is 0 Å². The monoisotopic (exact) mass is 269 g/mol. The molecule has 0 aromatic heterocycles. The maximum atomic E-state index is 12.2. The zero-order chi connectivity index (χ0) is 13.7. The molecule has 2 heterocycles. The van der Waals surface area contributed by atoms with E-state index in [0.717, 1.165) is 12.1 Å². The SMILES string of the molecule is O=C1C(=O)N(c2ccc3c(c2)OCO3)C2=C1C=CCC2. The Balaban J connectivity index is 1.82. The first kappa shape index (κ1) is 11.3. The summed E-state index contributed by atoms with van der Waals surface area (Å²) in [5, 5.41) is 0. The van der Waals surface area contributed by atoms with Crippen molar-refractivity contribution in [2.24, 2.45) is 0 Å². The van der Waals surface area contributed by atoms with Crippen LogP contribution in [0.1, 0.15) is 12.8 Å². The highest BCUT2D eigenvalue weighted by molar-refractivity contribution is 6.51. The fourth-order valence-electron chi connectivity index (χ4n) is 2.73. The molecule has 0 saturated heterocycles. The highest BCUT2D eigenvalue weighted by atomic mass is 16.7. The van der Waals surface area contributed by atoms with Crippen molar-refractivity contribution in [3.05, 3.63) is 41.6 Å². The number of carbonyl (C=O) groups excluding carboxylic acids is 2. The lowest BCUT2D eigenvalue weighted by molar-refractivity contribution is -0.132. The third-order valence-corrected chi connectivity index (χ3v) is 3.67. The van der Waals surface area contributed by atoms with Crippen molar-refractivity contribution in [1.82, 2.24) is 0 Å². The molecular weight excluding hydrogens is 258 g/mol. The highest BCUT2D eigenvalue weighted by Crippen LogP contribution is 2.39. The lowest BCUT2D eigenvalue weighted by Gasteiger charge is -2.21. The number of hydrogen-bond acceptors (Lipinski definition) is 4. The van der Waals surface area contributed by atoms with E-state index < -0.39 is 11.7 Å². The molecule has 0 spiro atoms. The molecule has 5 heteroatoms. The van der Waals surface area contributed by atoms with Crippen LogP contribution in [0.2, 0.25) is 0 Å². The van der Waals surface area contributed by atoms with E-state index in [9.17, 15) is 9.59 Å². The largest absolute Gasteiger partial charge is 0.454 e. The van der Waals surface area contributed by atoms with Crippen molar-refractivity contribution < 1.29 is 19.1 Å². The normalized spacial score (nSPS) is 19.9. The zero-order valence-corrected chi connectivity index (χ0v) is 10.6. The second-order valence-corrected chi connectivity index (χ2v) is 4.81. The van der Waals surface area contributed by atoms with Crippen LogP contribution in [0, 0.1) is 0 Å². The Morgan fingerprint density at radius 2 is 1.95 bits per heavy atom. The molecule has 0 unspecified atom stereocenters. The van der Waals surface area contributed by atoms with Gasteiger partial charge >= 0.3 is 5.91 Å². The maximum Gasteiger partial charge on any atom is 0.303 e. The van der Waals surface area contributed by atoms with Gasteiger partial charge in [0.1, 0.15) is 0 Å². The van der Waals surface area contributed by atoms with Crippen LogP contribution in [-0.2, 0) is 9.59 Å². The van der Waals surface area contributed by atoms with Crippen LogP contribution in [0.25, 0.3) is 0 Å². The number of fused-ring (bicyclic) bond motifs is 1. The first-order chi connectivity index (χ1) is 9.75. The van der Waals surface area contributed by atoms with Gasteiger partial charge in [-0.1, -0.05) is 12.2 Å². The number of Topliss-reactive ketones (excluding diaryl/α,β-unsaturated/α-hetero) is 1. The number of allylic oxidation sites excluding steroid dienone is 3. The Morgan fingerprint density at radius 3 is 2.85 bits per heavy atom. The first-order valence-electron chi connectivity index (χ1n) is 6.44. The van der Waals surface area contributed by atoms with Crippen molar-refractivity contribution in [2.75, 3.05) is 11.7 Å². The van der Waals surface area contributed by atoms with Crippen LogP contribution in [0.5, 0.6) is 11.5 Å². The summed E-state index contributed by atoms with van der Waals surface area (Å²) in [5.41, 5.74) is 1.94. The van der Waals surface area contributed by atoms with E-state index in [2.05, 4.69) is 0 Å². The van der Waals surface area contributed by atoms with E-state index in [0.29, 0.717) is 29.2 Å². The average molecular weight is 269 g/mol. The second-order valence-electron chi connectivity index (χ2n) is 4.81. The van der Waals surface area contributed by atoms with E-state index >= 15 is 0 Å². The number of ketones is 1. The number of carbonyl (C=O) groups is 2. The summed E-state index contributed by atoms with van der Waals surface area (Å²) in [4.78, 5) is 25.7. The molecule has 0 N–H and O–H groups in total. The fourth-order valence-corrected chi connectivity index (χ4v) is 2.73. The minimum atomic E-state index is -0.500. The van der Waals surface area contributed by atoms with Gasteiger partial charge < -0.3 is 9.47 Å². The van der Waals surface area contributed by atoms with Gasteiger partial charge in [-0.2, -0.15) is 0 Å². The minimum Gasteiger partial charge on any atom is -0.454 e. The number of hydrogen-bond donors (Lipinski definition) is 0. The number of nitrogens with zero attached hydrogens (tertiary/aromatic N) is 1. The summed E-state index contributed by atoms with van der Waals surface area (Å²) in [6.45, 7) is 0.183. The van der Waals surface area contributed by atoms with Crippen LogP contribution in [0.4, 0.5) is 5.69 Å². The van der Waals surface area contributed by atoms with Crippen molar-refractivity contribution in [3.63, 3.8) is 0 Å². The van der Waals surface area contributed by atoms with Gasteiger partial charge in [-0.05, 0) is 25.0 Å². The molecule has 1 amide bonds. The molecule has 5 nitrogen and oxygen atoms in total. The van der Waals surface area contributed by atoms with Gasteiger partial charge in [-0.3, -0.25) is 14.5 Å². The molecule has 3 aliphatic rings. The quantitative estimate of drug-likeness (QED) is 0.731. The Morgan fingerprint density at radius 1 is 1.10 bits per heavy atom. The van der Waals surface area contributed by atoms with E-state index in [4.69, 9.17) is 9.47 Å². The third-order valence-electron chi connectivity index (χ3n) is 3.67. The van der Waals surface area contributed by atoms with Crippen molar-refractivity contribution in [3.8, 4) is 11.5 Å². The van der Waals surface area contributed by atoms with Crippen LogP contribution in [-0.4, -0.2) is 18.5 Å². The predicted octanol–water partition coefficient (Wildman–Crippen LogP) is 1.94. The van der Waals surface area contributed by atoms with Gasteiger partial charge in [0.2, 0.25) is 6.79 Å². The zero-order valence-electron chi connectivity index (χ0n) is 10.6. The number of rotatable bonds is 1. The molecule has 1 aromatic carbocycles. The van der Waals surface area contributed by atoms with Gasteiger partial charge in [0, 0.05) is 17.3 Å². The number of anilines is 1. The van der Waals surface area contributed by atoms with E-state index in [1.807, 2.05) is 6.08 Å². The standard InChI is InChI=1S/C15H11NO4/c17-14-10-3-1-2-4-11(10)16(15(14)18)9-5-6-12-13(7-9)20-8-19-12/h1,3,5-7H,2,4,8H2. The van der Waals surface area contributed by atoms with Crippen molar-refractivity contribution in [1.29, 1.82) is 0 Å². The average Bonchev–Trinajstić information content (AvgIpc) is 3.03. The molecule has 2 aliphatic heterocycles. The second kappa shape index (κ2) is 3.96. The lowest BCUT2D eigenvalue weighted by Crippen LogP contribution is -2.28. The topological polar surface area (TPSA) is 55.8 Å². The third kappa shape index (κ3) is 1.43. The van der Waals surface area contributed by atoms with E-state index in [1.165, 1.54) is 4.90 Å². The van der Waals surface area contributed by atoms with E-state index in [1.54, 1.807) is 24.3 Å². The first-order valence-corrected chi connectivity index (χ1v) is 6.44. The van der Waals surface area contributed by atoms with Crippen molar-refractivity contribution >= 4 is 17.4 Å². The molecule has 20 heavy (non-hydrogen) atoms. The summed E-state index contributed by atoms with van der Waals surface area (Å²) < 4.78 is 10.6. The van der Waals surface area contributed by atoms with Gasteiger partial charge in [0.05, 0.1) is 5.69 Å². The Bertz CT molecular complexity index is 702. The molecule has 0 radical (unpaired) electrons. The molecule has 0 atom stereocenters. The fraction of sp³-hybridized carbons (Fsp3) is 0.200. The van der Waals surface area contributed by atoms with Crippen LogP contribution in [0.15, 0.2) is 41.6 Å². The molecule has 100 valence electrons. The highest BCUT2D eigenvalue weighted by Gasteiger charge is 2.38. The summed E-state index contributed by atoms with van der Waals surface area (Å²) in [6, 6.07) is 5.27. The Labute approximate surface area is 115 Å². The summed E-state index contributed by atoms with van der Waals surface area (Å²) in [7, 11) is 0. The van der Waals surface area contributed by atoms with E-state index in [-0.39, 0.29) is 6.79 Å². The summed E-state index contributed by atoms with van der Waals surface area (Å²) >= 11 is 0. The molecule has 0 bridgehead atoms. The predicted molar refractivity (Wildman–Crippen MR) is 70.5 cm³/mol. The molecule has 0 fully saturated rings. The molecular formula is C15H11NO4. The number of amides is 1. The molecule has 1 aliphatic carbocycles. The minimum absolute atomic E-state index is 0.183. The lowest BCUT2D eigenvalue weighted by atomic mass is 10.0. The molecule has 1 aromatic rings. The van der Waals surface area contributed by atoms with Crippen LogP contribution in [0.3, 0.4) is 0 Å². The van der Waals surface area contributed by atoms with Gasteiger partial charge in [0.25, 0.3) is 5.78 Å². The smallest absolute Gasteiger partial charge is 0.303 e. The summed E-state index contributed by atoms with van der Waals surface area (Å²) in [6.07, 6.45) is 5.19. The van der Waals surface area contributed by atoms with Gasteiger partial charge in [0.15, 0.2) is 11.5 Å². The Hall–Kier alpha value is -2.56. The van der Waals surface area contributed by atoms with Crippen molar-refractivity contribution in [2.45, 2.75) is 12.8 Å². The van der Waals surface area contributed by atoms with Crippen LogP contribution >= 0.6 is 0 Å². The van der Waals surface area contributed by atoms with Crippen LogP contribution < -0.4 is 14.4 Å². The maximum absolute atomic E-state index is 12.2.